The van der Waals surface area contributed by atoms with Crippen LogP contribution in [0.5, 0.6) is 0 Å². The maximum atomic E-state index is 12.6. The van der Waals surface area contributed by atoms with E-state index in [9.17, 15) is 9.59 Å². The predicted octanol–water partition coefficient (Wildman–Crippen LogP) is 3.46. The largest absolute Gasteiger partial charge is 0.449 e. The monoisotopic (exact) mass is 340 g/mol. The molecule has 0 radical (unpaired) electrons. The van der Waals surface area contributed by atoms with Gasteiger partial charge in [-0.2, -0.15) is 0 Å². The van der Waals surface area contributed by atoms with E-state index < -0.39 is 12.1 Å². The fraction of sp³-hybridized carbons (Fsp3) is 0.450. The molecule has 132 valence electrons. The first-order chi connectivity index (χ1) is 11.9. The summed E-state index contributed by atoms with van der Waals surface area (Å²) in [5, 5.41) is 3.71. The number of fused-ring (bicyclic) bond motifs is 1. The van der Waals surface area contributed by atoms with E-state index >= 15 is 0 Å². The van der Waals surface area contributed by atoms with Crippen molar-refractivity contribution in [3.8, 4) is 0 Å². The molecular weight excluding hydrogens is 316 g/mol. The molecule has 0 saturated heterocycles. The zero-order chi connectivity index (χ0) is 18.0. The number of pyridine rings is 1. The SMILES string of the molecule is Cc1ccc2nc(C)cc(C(=O)O[C@H](C)C(=O)NC3CCCC3)c2c1. The third kappa shape index (κ3) is 3.98. The number of nitrogens with one attached hydrogen (secondary N) is 1. The number of benzene rings is 1. The maximum Gasteiger partial charge on any atom is 0.339 e. The molecule has 3 rings (SSSR count). The molecule has 1 fully saturated rings. The lowest BCUT2D eigenvalue weighted by Crippen LogP contribution is -2.40. The smallest absolute Gasteiger partial charge is 0.339 e. The number of carbonyl (C=O) groups excluding carboxylic acids is 2. The van der Waals surface area contributed by atoms with Gasteiger partial charge < -0.3 is 10.1 Å². The van der Waals surface area contributed by atoms with Gasteiger partial charge in [-0.15, -0.1) is 0 Å². The first-order valence-corrected chi connectivity index (χ1v) is 8.83. The number of rotatable bonds is 4. The van der Waals surface area contributed by atoms with Gasteiger partial charge in [0, 0.05) is 17.1 Å². The summed E-state index contributed by atoms with van der Waals surface area (Å²) in [7, 11) is 0. The van der Waals surface area contributed by atoms with Crippen LogP contribution in [0, 0.1) is 13.8 Å². The van der Waals surface area contributed by atoms with E-state index in [-0.39, 0.29) is 11.9 Å². The minimum Gasteiger partial charge on any atom is -0.449 e. The average molecular weight is 340 g/mol. The molecule has 1 aromatic heterocycles. The Hall–Kier alpha value is -2.43. The zero-order valence-electron chi connectivity index (χ0n) is 15.0. The molecule has 1 aromatic carbocycles. The highest BCUT2D eigenvalue weighted by Crippen LogP contribution is 2.22. The Balaban J connectivity index is 1.77. The molecule has 1 aliphatic carbocycles. The summed E-state index contributed by atoms with van der Waals surface area (Å²) >= 11 is 0. The lowest BCUT2D eigenvalue weighted by Gasteiger charge is -2.17. The molecule has 0 aliphatic heterocycles. The molecule has 1 saturated carbocycles. The second kappa shape index (κ2) is 7.21. The number of hydrogen-bond donors (Lipinski definition) is 1. The Morgan fingerprint density at radius 2 is 1.92 bits per heavy atom. The quantitative estimate of drug-likeness (QED) is 0.866. The normalized spacial score (nSPS) is 16.0. The second-order valence-corrected chi connectivity index (χ2v) is 6.87. The summed E-state index contributed by atoms with van der Waals surface area (Å²) in [6, 6.07) is 7.69. The Labute approximate surface area is 147 Å². The number of aryl methyl sites for hydroxylation is 2. The van der Waals surface area contributed by atoms with E-state index in [1.165, 1.54) is 0 Å². The molecule has 0 spiro atoms. The van der Waals surface area contributed by atoms with Gasteiger partial charge in [-0.05, 0) is 51.8 Å². The van der Waals surface area contributed by atoms with Gasteiger partial charge in [0.2, 0.25) is 0 Å². The van der Waals surface area contributed by atoms with Crippen LogP contribution in [0.25, 0.3) is 10.9 Å². The van der Waals surface area contributed by atoms with Crippen LogP contribution < -0.4 is 5.32 Å². The number of aromatic nitrogens is 1. The summed E-state index contributed by atoms with van der Waals surface area (Å²) in [6.45, 7) is 5.42. The Bertz CT molecular complexity index is 810. The van der Waals surface area contributed by atoms with E-state index in [0.717, 1.165) is 47.8 Å². The number of amides is 1. The third-order valence-electron chi connectivity index (χ3n) is 4.67. The molecule has 0 unspecified atom stereocenters. The molecule has 1 aliphatic rings. The van der Waals surface area contributed by atoms with E-state index in [4.69, 9.17) is 4.74 Å². The van der Waals surface area contributed by atoms with E-state index in [0.29, 0.717) is 5.56 Å². The summed E-state index contributed by atoms with van der Waals surface area (Å²) in [5.41, 5.74) is 2.98. The number of carbonyl (C=O) groups is 2. The Morgan fingerprint density at radius 1 is 1.20 bits per heavy atom. The van der Waals surface area contributed by atoms with Crippen molar-refractivity contribution in [2.75, 3.05) is 0 Å². The summed E-state index contributed by atoms with van der Waals surface area (Å²) < 4.78 is 5.43. The van der Waals surface area contributed by atoms with Crippen molar-refractivity contribution in [2.24, 2.45) is 0 Å². The molecular formula is C20H24N2O3. The summed E-state index contributed by atoms with van der Waals surface area (Å²) in [5.74, 6) is -0.721. The lowest BCUT2D eigenvalue weighted by molar-refractivity contribution is -0.129. The topological polar surface area (TPSA) is 68.3 Å². The molecule has 1 amide bonds. The number of hydrogen-bond acceptors (Lipinski definition) is 4. The molecule has 25 heavy (non-hydrogen) atoms. The Kier molecular flexibility index (Phi) is 5.02. The number of ether oxygens (including phenoxy) is 1. The van der Waals surface area contributed by atoms with Crippen molar-refractivity contribution >= 4 is 22.8 Å². The van der Waals surface area contributed by atoms with Gasteiger partial charge in [0.15, 0.2) is 6.10 Å². The minimum absolute atomic E-state index is 0.209. The van der Waals surface area contributed by atoms with Crippen LogP contribution in [0.3, 0.4) is 0 Å². The molecule has 1 heterocycles. The number of esters is 1. The first kappa shape index (κ1) is 17.4. The zero-order valence-corrected chi connectivity index (χ0v) is 15.0. The van der Waals surface area contributed by atoms with Gasteiger partial charge in [0.05, 0.1) is 11.1 Å². The van der Waals surface area contributed by atoms with Crippen LogP contribution in [-0.4, -0.2) is 29.0 Å². The van der Waals surface area contributed by atoms with Crippen molar-refractivity contribution in [1.29, 1.82) is 0 Å². The second-order valence-electron chi connectivity index (χ2n) is 6.87. The van der Waals surface area contributed by atoms with Gasteiger partial charge in [-0.1, -0.05) is 24.5 Å². The van der Waals surface area contributed by atoms with Crippen molar-refractivity contribution < 1.29 is 14.3 Å². The third-order valence-corrected chi connectivity index (χ3v) is 4.67. The summed E-state index contributed by atoms with van der Waals surface area (Å²) in [4.78, 5) is 29.3. The fourth-order valence-corrected chi connectivity index (χ4v) is 3.31. The predicted molar refractivity (Wildman–Crippen MR) is 96.5 cm³/mol. The molecule has 5 nitrogen and oxygen atoms in total. The van der Waals surface area contributed by atoms with Crippen molar-refractivity contribution in [1.82, 2.24) is 10.3 Å². The fourth-order valence-electron chi connectivity index (χ4n) is 3.31. The molecule has 1 N–H and O–H groups in total. The highest BCUT2D eigenvalue weighted by molar-refractivity contribution is 6.04. The van der Waals surface area contributed by atoms with Crippen molar-refractivity contribution in [3.05, 3.63) is 41.1 Å². The molecule has 5 heteroatoms. The number of nitrogens with zero attached hydrogens (tertiary/aromatic N) is 1. The van der Waals surface area contributed by atoms with Crippen LogP contribution >= 0.6 is 0 Å². The van der Waals surface area contributed by atoms with Crippen LogP contribution in [0.1, 0.15) is 54.2 Å². The van der Waals surface area contributed by atoms with Gasteiger partial charge in [0.1, 0.15) is 0 Å². The first-order valence-electron chi connectivity index (χ1n) is 8.83. The highest BCUT2D eigenvalue weighted by atomic mass is 16.5. The maximum absolute atomic E-state index is 12.6. The lowest BCUT2D eigenvalue weighted by atomic mass is 10.1. The van der Waals surface area contributed by atoms with Gasteiger partial charge in [-0.3, -0.25) is 9.78 Å². The van der Waals surface area contributed by atoms with E-state index in [1.807, 2.05) is 32.0 Å². The van der Waals surface area contributed by atoms with Gasteiger partial charge in [0.25, 0.3) is 5.91 Å². The van der Waals surface area contributed by atoms with E-state index in [2.05, 4.69) is 10.3 Å². The van der Waals surface area contributed by atoms with Crippen LogP contribution in [0.4, 0.5) is 0 Å². The standard InChI is InChI=1S/C20H24N2O3/c1-12-8-9-18-16(10-12)17(11-13(2)21-18)20(24)25-14(3)19(23)22-15-6-4-5-7-15/h8-11,14-15H,4-7H2,1-3H3,(H,22,23)/t14-/m1/s1. The van der Waals surface area contributed by atoms with Gasteiger partial charge in [-0.25, -0.2) is 4.79 Å². The van der Waals surface area contributed by atoms with Crippen LogP contribution in [0.2, 0.25) is 0 Å². The molecule has 0 bridgehead atoms. The Morgan fingerprint density at radius 3 is 2.64 bits per heavy atom. The van der Waals surface area contributed by atoms with Gasteiger partial charge >= 0.3 is 5.97 Å². The average Bonchev–Trinajstić information content (AvgIpc) is 3.07. The van der Waals surface area contributed by atoms with E-state index in [1.54, 1.807) is 13.0 Å². The molecule has 1 atom stereocenters. The minimum atomic E-state index is -0.818. The van der Waals surface area contributed by atoms with Crippen LogP contribution in [-0.2, 0) is 9.53 Å². The molecule has 2 aromatic rings. The van der Waals surface area contributed by atoms with Crippen LogP contribution in [0.15, 0.2) is 24.3 Å². The highest BCUT2D eigenvalue weighted by Gasteiger charge is 2.24. The van der Waals surface area contributed by atoms with Crippen molar-refractivity contribution in [3.63, 3.8) is 0 Å². The summed E-state index contributed by atoms with van der Waals surface area (Å²) in [6.07, 6.45) is 3.46. The van der Waals surface area contributed by atoms with Crippen molar-refractivity contribution in [2.45, 2.75) is 58.6 Å².